The number of thiazole rings is 1. The van der Waals surface area contributed by atoms with Crippen LogP contribution < -0.4 is 19.8 Å². The lowest BCUT2D eigenvalue weighted by Crippen LogP contribution is -2.42. The van der Waals surface area contributed by atoms with Crippen molar-refractivity contribution in [2.75, 3.05) is 11.6 Å². The second-order valence-corrected chi connectivity index (χ2v) is 7.08. The van der Waals surface area contributed by atoms with Gasteiger partial charge in [0.25, 0.3) is 5.56 Å². The Kier molecular flexibility index (Phi) is 4.15. The fraction of sp³-hybridized carbons (Fsp3) is 0.111. The number of hydrogen-bond acceptors (Lipinski definition) is 4. The lowest BCUT2D eigenvalue weighted by atomic mass is 10.2. The topological polar surface area (TPSA) is 37.6 Å². The summed E-state index contributed by atoms with van der Waals surface area (Å²) in [5.41, 5.74) is 1.61. The van der Waals surface area contributed by atoms with Crippen molar-refractivity contribution in [1.29, 1.82) is 0 Å². The van der Waals surface area contributed by atoms with Crippen LogP contribution in [0.3, 0.4) is 0 Å². The molecule has 2 aromatic carbocycles. The Morgan fingerprint density at radius 3 is 2.76 bits per heavy atom. The zero-order valence-electron chi connectivity index (χ0n) is 13.0. The Balaban J connectivity index is 1.71. The summed E-state index contributed by atoms with van der Waals surface area (Å²) in [6.45, 7) is 0.825. The molecule has 1 aliphatic rings. The molecule has 0 unspecified atom stereocenters. The molecule has 0 atom stereocenters. The van der Waals surface area contributed by atoms with Crippen molar-refractivity contribution in [2.24, 2.45) is 4.99 Å². The summed E-state index contributed by atoms with van der Waals surface area (Å²) in [7, 11) is 0. The van der Waals surface area contributed by atoms with Gasteiger partial charge in [-0.3, -0.25) is 9.36 Å². The van der Waals surface area contributed by atoms with Crippen LogP contribution in [0.4, 0.5) is 10.1 Å². The van der Waals surface area contributed by atoms with Gasteiger partial charge in [-0.05, 0) is 48.0 Å². The molecule has 0 amide bonds. The molecule has 1 aliphatic heterocycles. The third-order valence-corrected chi connectivity index (χ3v) is 5.19. The van der Waals surface area contributed by atoms with Crippen molar-refractivity contribution < 1.29 is 4.39 Å². The van der Waals surface area contributed by atoms with Crippen LogP contribution in [0.2, 0.25) is 5.02 Å². The molecule has 4 nitrogen and oxygen atoms in total. The normalized spacial score (nSPS) is 14.3. The molecule has 2 heterocycles. The van der Waals surface area contributed by atoms with E-state index in [1.165, 1.54) is 23.5 Å². The largest absolute Gasteiger partial charge is 0.334 e. The van der Waals surface area contributed by atoms with Gasteiger partial charge in [-0.15, -0.1) is 0 Å². The zero-order chi connectivity index (χ0) is 17.4. The van der Waals surface area contributed by atoms with E-state index in [1.807, 2.05) is 29.2 Å². The first-order chi connectivity index (χ1) is 12.1. The van der Waals surface area contributed by atoms with Crippen LogP contribution in [-0.4, -0.2) is 11.2 Å². The molecule has 25 heavy (non-hydrogen) atoms. The van der Waals surface area contributed by atoms with Crippen LogP contribution >= 0.6 is 22.9 Å². The smallest absolute Gasteiger partial charge is 0.271 e. The molecule has 4 rings (SSSR count). The highest BCUT2D eigenvalue weighted by atomic mass is 35.5. The van der Waals surface area contributed by atoms with Crippen molar-refractivity contribution in [3.05, 3.63) is 84.6 Å². The van der Waals surface area contributed by atoms with Crippen LogP contribution in [0.15, 0.2) is 58.3 Å². The van der Waals surface area contributed by atoms with E-state index in [1.54, 1.807) is 22.8 Å². The van der Waals surface area contributed by atoms with E-state index in [9.17, 15) is 9.18 Å². The Morgan fingerprint density at radius 1 is 1.20 bits per heavy atom. The first-order valence-corrected chi connectivity index (χ1v) is 8.81. The van der Waals surface area contributed by atoms with Crippen molar-refractivity contribution in [3.8, 4) is 0 Å². The molecule has 0 N–H and O–H groups in total. The molecular weight excluding hydrogens is 361 g/mol. The number of nitrogens with zero attached hydrogens (tertiary/aromatic N) is 3. The third-order valence-electron chi connectivity index (χ3n) is 3.92. The monoisotopic (exact) mass is 373 g/mol. The SMILES string of the molecule is O=c1/c(=C/c2cccc(Cl)c2)sc2n1CN(c1ccc(F)cc1)CN=2. The molecule has 0 aliphatic carbocycles. The lowest BCUT2D eigenvalue weighted by molar-refractivity contribution is 0.568. The number of benzene rings is 2. The van der Waals surface area contributed by atoms with E-state index in [-0.39, 0.29) is 11.4 Å². The standard InChI is InChI=1S/C18H13ClFN3OS/c19-13-3-1-2-12(8-13)9-16-17(24)23-11-22(10-21-18(23)25-16)15-6-4-14(20)5-7-15/h1-9H,10-11H2/b16-9-. The van der Waals surface area contributed by atoms with Gasteiger partial charge in [-0.1, -0.05) is 35.1 Å². The molecule has 7 heteroatoms. The number of hydrogen-bond donors (Lipinski definition) is 0. The molecule has 0 saturated heterocycles. The second kappa shape index (κ2) is 6.46. The highest BCUT2D eigenvalue weighted by molar-refractivity contribution is 7.07. The van der Waals surface area contributed by atoms with E-state index >= 15 is 0 Å². The Bertz CT molecular complexity index is 1100. The van der Waals surface area contributed by atoms with Gasteiger partial charge >= 0.3 is 0 Å². The van der Waals surface area contributed by atoms with Crippen LogP contribution in [0, 0.1) is 5.82 Å². The predicted octanol–water partition coefficient (Wildman–Crippen LogP) is 2.59. The number of anilines is 1. The molecule has 0 bridgehead atoms. The highest BCUT2D eigenvalue weighted by Crippen LogP contribution is 2.16. The van der Waals surface area contributed by atoms with Crippen LogP contribution in [-0.2, 0) is 6.67 Å². The average molecular weight is 374 g/mol. The number of aromatic nitrogens is 1. The van der Waals surface area contributed by atoms with E-state index in [0.29, 0.717) is 27.7 Å². The number of fused-ring (bicyclic) bond motifs is 1. The summed E-state index contributed by atoms with van der Waals surface area (Å²) < 4.78 is 15.3. The zero-order valence-corrected chi connectivity index (χ0v) is 14.6. The summed E-state index contributed by atoms with van der Waals surface area (Å²) in [5, 5.41) is 0.627. The molecule has 126 valence electrons. The van der Waals surface area contributed by atoms with Gasteiger partial charge in [0.15, 0.2) is 4.80 Å². The van der Waals surface area contributed by atoms with Gasteiger partial charge in [-0.2, -0.15) is 0 Å². The van der Waals surface area contributed by atoms with Crippen molar-refractivity contribution in [3.63, 3.8) is 0 Å². The van der Waals surface area contributed by atoms with E-state index in [4.69, 9.17) is 11.6 Å². The first-order valence-electron chi connectivity index (χ1n) is 7.62. The summed E-state index contributed by atoms with van der Waals surface area (Å²) in [5.74, 6) is -0.288. The summed E-state index contributed by atoms with van der Waals surface area (Å²) in [6, 6.07) is 13.5. The van der Waals surface area contributed by atoms with Gasteiger partial charge in [0.1, 0.15) is 19.2 Å². The molecule has 0 radical (unpaired) electrons. The maximum atomic E-state index is 13.1. The van der Waals surface area contributed by atoms with Gasteiger partial charge in [0, 0.05) is 10.7 Å². The van der Waals surface area contributed by atoms with Gasteiger partial charge in [0.05, 0.1) is 4.53 Å². The Morgan fingerprint density at radius 2 is 2.00 bits per heavy atom. The fourth-order valence-electron chi connectivity index (χ4n) is 2.67. The third kappa shape index (κ3) is 3.23. The van der Waals surface area contributed by atoms with Gasteiger partial charge in [-0.25, -0.2) is 9.38 Å². The first kappa shape index (κ1) is 16.1. The molecule has 1 aromatic heterocycles. The van der Waals surface area contributed by atoms with Crippen LogP contribution in [0.5, 0.6) is 0 Å². The van der Waals surface area contributed by atoms with E-state index < -0.39 is 0 Å². The predicted molar refractivity (Wildman–Crippen MR) is 98.1 cm³/mol. The minimum atomic E-state index is -0.288. The summed E-state index contributed by atoms with van der Waals surface area (Å²) in [4.78, 5) is 19.8. The van der Waals surface area contributed by atoms with Crippen LogP contribution in [0.25, 0.3) is 6.08 Å². The maximum absolute atomic E-state index is 13.1. The van der Waals surface area contributed by atoms with Gasteiger partial charge < -0.3 is 4.90 Å². The minimum Gasteiger partial charge on any atom is -0.334 e. The quantitative estimate of drug-likeness (QED) is 0.692. The minimum absolute atomic E-state index is 0.0875. The van der Waals surface area contributed by atoms with Crippen LogP contribution in [0.1, 0.15) is 5.56 Å². The fourth-order valence-corrected chi connectivity index (χ4v) is 3.84. The average Bonchev–Trinajstić information content (AvgIpc) is 2.91. The van der Waals surface area contributed by atoms with Gasteiger partial charge in [0.2, 0.25) is 0 Å². The molecule has 0 fully saturated rings. The Labute approximate surface area is 151 Å². The van der Waals surface area contributed by atoms with Crippen molar-refractivity contribution >= 4 is 34.7 Å². The maximum Gasteiger partial charge on any atom is 0.271 e. The molecule has 3 aromatic rings. The molecule has 0 spiro atoms. The van der Waals surface area contributed by atoms with E-state index in [0.717, 1.165) is 11.3 Å². The summed E-state index contributed by atoms with van der Waals surface area (Å²) in [6.07, 6.45) is 1.82. The van der Waals surface area contributed by atoms with Crippen molar-refractivity contribution in [2.45, 2.75) is 6.67 Å². The van der Waals surface area contributed by atoms with Crippen molar-refractivity contribution in [1.82, 2.24) is 4.57 Å². The molecular formula is C18H13ClFN3OS. The number of rotatable bonds is 2. The van der Waals surface area contributed by atoms with E-state index in [2.05, 4.69) is 4.99 Å². The summed E-state index contributed by atoms with van der Waals surface area (Å²) >= 11 is 7.36. The lowest BCUT2D eigenvalue weighted by Gasteiger charge is -2.25. The molecule has 0 saturated carbocycles. The second-order valence-electron chi connectivity index (χ2n) is 5.64. The number of halogens is 2. The Hall–Kier alpha value is -2.44. The highest BCUT2D eigenvalue weighted by Gasteiger charge is 2.15.